The summed E-state index contributed by atoms with van der Waals surface area (Å²) in [5.41, 5.74) is 0.439. The van der Waals surface area contributed by atoms with Crippen LogP contribution in [0.4, 0.5) is 0 Å². The maximum Gasteiger partial charge on any atom is 0.230 e. The summed E-state index contributed by atoms with van der Waals surface area (Å²) in [6.45, 7) is 2.97. The van der Waals surface area contributed by atoms with Crippen molar-refractivity contribution in [1.82, 2.24) is 0 Å². The molecule has 0 bridgehead atoms. The Morgan fingerprint density at radius 2 is 1.08 bits per heavy atom. The maximum absolute atomic E-state index is 11.1. The van der Waals surface area contributed by atoms with Crippen molar-refractivity contribution in [2.24, 2.45) is 0 Å². The highest BCUT2D eigenvalue weighted by atomic mass is 35.5. The lowest BCUT2D eigenvalue weighted by Crippen LogP contribution is -2.21. The molecule has 4 heteroatoms. The number of halogens is 2. The average molecular weight is 205 g/mol. The van der Waals surface area contributed by atoms with Crippen LogP contribution in [0.1, 0.15) is 13.8 Å². The molecule has 64 valence electrons. The fraction of sp³-hybridized carbons (Fsp3) is 0.250. The van der Waals surface area contributed by atoms with E-state index in [4.69, 9.17) is 23.2 Å². The van der Waals surface area contributed by atoms with Gasteiger partial charge in [0.2, 0.25) is 11.6 Å². The molecule has 0 unspecified atom stereocenters. The molecule has 1 aliphatic rings. The van der Waals surface area contributed by atoms with Gasteiger partial charge in [0, 0.05) is 11.1 Å². The molecule has 2 nitrogen and oxygen atoms in total. The number of carbonyl (C=O) groups excluding carboxylic acids is 2. The first kappa shape index (κ1) is 9.49. The van der Waals surface area contributed by atoms with E-state index >= 15 is 0 Å². The first-order valence-electron chi connectivity index (χ1n) is 3.29. The van der Waals surface area contributed by atoms with Gasteiger partial charge < -0.3 is 0 Å². The molecule has 0 saturated heterocycles. The minimum absolute atomic E-state index is 0.179. The Morgan fingerprint density at radius 1 is 0.833 bits per heavy atom. The third-order valence-electron chi connectivity index (χ3n) is 1.74. The highest BCUT2D eigenvalue weighted by Gasteiger charge is 2.28. The molecular weight excluding hydrogens is 199 g/mol. The maximum atomic E-state index is 11.1. The number of hydrogen-bond acceptors (Lipinski definition) is 2. The lowest BCUT2D eigenvalue weighted by molar-refractivity contribution is -0.132. The first-order chi connectivity index (χ1) is 5.46. The van der Waals surface area contributed by atoms with Gasteiger partial charge in [0.15, 0.2) is 0 Å². The second kappa shape index (κ2) is 3.04. The number of ketones is 2. The Labute approximate surface area is 79.8 Å². The van der Waals surface area contributed by atoms with Gasteiger partial charge in [-0.2, -0.15) is 0 Å². The van der Waals surface area contributed by atoms with Crippen LogP contribution in [0, 0.1) is 0 Å². The van der Waals surface area contributed by atoms with E-state index in [1.807, 2.05) is 0 Å². The van der Waals surface area contributed by atoms with Crippen molar-refractivity contribution in [3.05, 3.63) is 21.2 Å². The van der Waals surface area contributed by atoms with E-state index in [-0.39, 0.29) is 21.2 Å². The van der Waals surface area contributed by atoms with Gasteiger partial charge in [0.25, 0.3) is 0 Å². The molecule has 0 aromatic rings. The van der Waals surface area contributed by atoms with Crippen LogP contribution in [0.3, 0.4) is 0 Å². The predicted molar refractivity (Wildman–Crippen MR) is 47.1 cm³/mol. The van der Waals surface area contributed by atoms with E-state index in [0.29, 0.717) is 0 Å². The smallest absolute Gasteiger partial charge is 0.230 e. The summed E-state index contributed by atoms with van der Waals surface area (Å²) in [4.78, 5) is 22.2. The van der Waals surface area contributed by atoms with Gasteiger partial charge in [-0.1, -0.05) is 23.2 Å². The minimum Gasteiger partial charge on any atom is -0.285 e. The topological polar surface area (TPSA) is 34.1 Å². The molecule has 0 radical (unpaired) electrons. The molecular formula is C8H6Cl2O2. The molecule has 1 aliphatic carbocycles. The van der Waals surface area contributed by atoms with Crippen LogP contribution in [0.15, 0.2) is 21.2 Å². The number of rotatable bonds is 0. The Balaban J connectivity index is 3.37. The molecule has 0 N–H and O–H groups in total. The van der Waals surface area contributed by atoms with Crippen molar-refractivity contribution in [3.8, 4) is 0 Å². The lowest BCUT2D eigenvalue weighted by atomic mass is 9.97. The van der Waals surface area contributed by atoms with Gasteiger partial charge in [-0.3, -0.25) is 9.59 Å². The number of carbonyl (C=O) groups is 2. The molecule has 0 atom stereocenters. The molecule has 0 fully saturated rings. The van der Waals surface area contributed by atoms with Crippen LogP contribution in [0.2, 0.25) is 0 Å². The Bertz CT molecular complexity index is 288. The SMILES string of the molecule is CC1=C(Cl)C(Cl)=C(C)C(=O)C1=O. The van der Waals surface area contributed by atoms with Crippen LogP contribution < -0.4 is 0 Å². The van der Waals surface area contributed by atoms with Crippen molar-refractivity contribution in [3.63, 3.8) is 0 Å². The Kier molecular flexibility index (Phi) is 2.40. The average Bonchev–Trinajstić information content (AvgIpc) is 2.08. The fourth-order valence-electron chi connectivity index (χ4n) is 0.869. The Morgan fingerprint density at radius 3 is 1.33 bits per heavy atom. The quantitative estimate of drug-likeness (QED) is 0.448. The molecule has 0 amide bonds. The number of allylic oxidation sites excluding steroid dienone is 4. The van der Waals surface area contributed by atoms with E-state index in [0.717, 1.165) is 0 Å². The number of hydrogen-bond donors (Lipinski definition) is 0. The van der Waals surface area contributed by atoms with Gasteiger partial charge in [-0.15, -0.1) is 0 Å². The zero-order valence-electron chi connectivity index (χ0n) is 6.57. The molecule has 0 heterocycles. The third kappa shape index (κ3) is 1.21. The zero-order valence-corrected chi connectivity index (χ0v) is 8.08. The van der Waals surface area contributed by atoms with Gasteiger partial charge in [-0.05, 0) is 13.8 Å². The van der Waals surface area contributed by atoms with Crippen LogP contribution in [0.25, 0.3) is 0 Å². The summed E-state index contributed by atoms with van der Waals surface area (Å²) < 4.78 is 0. The van der Waals surface area contributed by atoms with E-state index in [1.54, 1.807) is 0 Å². The molecule has 12 heavy (non-hydrogen) atoms. The minimum atomic E-state index is -0.568. The van der Waals surface area contributed by atoms with E-state index in [1.165, 1.54) is 13.8 Å². The predicted octanol–water partition coefficient (Wildman–Crippen LogP) is 2.16. The van der Waals surface area contributed by atoms with Crippen LogP contribution in [-0.4, -0.2) is 11.6 Å². The lowest BCUT2D eigenvalue weighted by Gasteiger charge is -2.11. The highest BCUT2D eigenvalue weighted by molar-refractivity contribution is 6.58. The molecule has 0 aliphatic heterocycles. The molecule has 0 aromatic carbocycles. The first-order valence-corrected chi connectivity index (χ1v) is 4.04. The zero-order chi connectivity index (χ0) is 9.46. The highest BCUT2D eigenvalue weighted by Crippen LogP contribution is 2.31. The summed E-state index contributed by atoms with van der Waals surface area (Å²) in [5.74, 6) is -1.14. The van der Waals surface area contributed by atoms with Crippen molar-refractivity contribution >= 4 is 34.8 Å². The van der Waals surface area contributed by atoms with Gasteiger partial charge in [0.05, 0.1) is 10.1 Å². The van der Waals surface area contributed by atoms with Crippen molar-refractivity contribution in [1.29, 1.82) is 0 Å². The van der Waals surface area contributed by atoms with Gasteiger partial charge in [0.1, 0.15) is 0 Å². The number of Topliss-reactive ketones (excluding diaryl/α,β-unsaturated/α-hetero) is 2. The van der Waals surface area contributed by atoms with Crippen LogP contribution in [-0.2, 0) is 9.59 Å². The monoisotopic (exact) mass is 204 g/mol. The fourth-order valence-corrected chi connectivity index (χ4v) is 1.32. The van der Waals surface area contributed by atoms with E-state index < -0.39 is 11.6 Å². The van der Waals surface area contributed by atoms with Crippen LogP contribution >= 0.6 is 23.2 Å². The van der Waals surface area contributed by atoms with Crippen molar-refractivity contribution < 1.29 is 9.59 Å². The van der Waals surface area contributed by atoms with Gasteiger partial charge in [-0.25, -0.2) is 0 Å². The largest absolute Gasteiger partial charge is 0.285 e. The summed E-state index contributed by atoms with van der Waals surface area (Å²) in [5, 5.41) is 0.359. The van der Waals surface area contributed by atoms with Crippen LogP contribution in [0.5, 0.6) is 0 Å². The summed E-state index contributed by atoms with van der Waals surface area (Å²) in [7, 11) is 0. The standard InChI is InChI=1S/C8H6Cl2O2/c1-3-5(9)6(10)4(2)8(12)7(3)11/h1-2H3. The molecule has 0 aromatic heterocycles. The molecule has 1 rings (SSSR count). The van der Waals surface area contributed by atoms with Crippen molar-refractivity contribution in [2.45, 2.75) is 13.8 Å². The Hall–Kier alpha value is -0.600. The van der Waals surface area contributed by atoms with Gasteiger partial charge >= 0.3 is 0 Å². The van der Waals surface area contributed by atoms with Crippen molar-refractivity contribution in [2.75, 3.05) is 0 Å². The summed E-state index contributed by atoms with van der Waals surface area (Å²) >= 11 is 11.4. The summed E-state index contributed by atoms with van der Waals surface area (Å²) in [6.07, 6.45) is 0. The summed E-state index contributed by atoms with van der Waals surface area (Å²) in [6, 6.07) is 0. The van der Waals surface area contributed by atoms with E-state index in [9.17, 15) is 9.59 Å². The molecule has 0 spiro atoms. The molecule has 0 saturated carbocycles. The van der Waals surface area contributed by atoms with E-state index in [2.05, 4.69) is 0 Å². The third-order valence-corrected chi connectivity index (χ3v) is 2.78. The normalized spacial score (nSPS) is 19.3. The second-order valence-corrected chi connectivity index (χ2v) is 3.29. The second-order valence-electron chi connectivity index (χ2n) is 2.54.